The predicted molar refractivity (Wildman–Crippen MR) is 249 cm³/mol. The van der Waals surface area contributed by atoms with E-state index in [1.165, 1.54) is 212 Å². The van der Waals surface area contributed by atoms with Gasteiger partial charge in [-0.15, -0.1) is 0 Å². The molecule has 350 valence electrons. The maximum atomic E-state index is 12.5. The van der Waals surface area contributed by atoms with Gasteiger partial charge in [0.05, 0.1) is 6.61 Å². The smallest absolute Gasteiger partial charge is 0.462 e. The van der Waals surface area contributed by atoms with E-state index in [1.807, 2.05) is 0 Å². The second-order valence-electron chi connectivity index (χ2n) is 17.5. The van der Waals surface area contributed by atoms with Crippen molar-refractivity contribution in [1.82, 2.24) is 0 Å². The number of carbonyl (C=O) groups is 2. The second-order valence-corrected chi connectivity index (χ2v) is 18.7. The molecule has 0 aliphatic carbocycles. The van der Waals surface area contributed by atoms with Gasteiger partial charge in [-0.2, -0.15) is 0 Å². The highest BCUT2D eigenvalue weighted by Gasteiger charge is 2.22. The zero-order valence-electron chi connectivity index (χ0n) is 38.9. The Kier molecular flexibility index (Phi) is 45.3. The number of carbonyl (C=O) groups excluding carboxylic acids is 2. The standard InChI is InChI=1S/C50H97O8P/c1-3-5-7-9-11-13-15-17-19-21-23-24-25-26-27-29-31-33-35-37-39-41-43-45-50(52)58-48(47-57-59(53,54)55)46-56-49(51)44-42-40-38-36-34-32-30-28-22-20-18-16-14-12-10-8-6-4-2/h37,39,48H,3-36,38,40-47H2,1-2H3,(H2,53,54,55)/b39-37+/t48-/m1/s1. The fraction of sp³-hybridized carbons (Fsp3) is 0.920. The molecule has 0 aromatic heterocycles. The van der Waals surface area contributed by atoms with Crippen LogP contribution in [0.4, 0.5) is 0 Å². The third-order valence-corrected chi connectivity index (χ3v) is 12.0. The van der Waals surface area contributed by atoms with Crippen molar-refractivity contribution in [1.29, 1.82) is 0 Å². The van der Waals surface area contributed by atoms with Crippen LogP contribution in [0, 0.1) is 0 Å². The fourth-order valence-corrected chi connectivity index (χ4v) is 8.09. The summed E-state index contributed by atoms with van der Waals surface area (Å²) in [5.74, 6) is -0.903. The number of allylic oxidation sites excluding steroid dienone is 2. The van der Waals surface area contributed by atoms with E-state index in [9.17, 15) is 14.2 Å². The monoisotopic (exact) mass is 857 g/mol. The number of esters is 2. The van der Waals surface area contributed by atoms with E-state index >= 15 is 0 Å². The first-order valence-corrected chi connectivity index (χ1v) is 27.0. The van der Waals surface area contributed by atoms with Crippen LogP contribution in [-0.2, 0) is 28.2 Å². The minimum atomic E-state index is -4.76. The summed E-state index contributed by atoms with van der Waals surface area (Å²) in [5, 5.41) is 0. The number of phosphoric ester groups is 1. The molecule has 0 amide bonds. The van der Waals surface area contributed by atoms with Crippen molar-refractivity contribution in [3.05, 3.63) is 12.2 Å². The molecule has 0 heterocycles. The van der Waals surface area contributed by atoms with Crippen molar-refractivity contribution in [3.63, 3.8) is 0 Å². The molecular weight excluding hydrogens is 760 g/mol. The van der Waals surface area contributed by atoms with Gasteiger partial charge in [0.2, 0.25) is 0 Å². The van der Waals surface area contributed by atoms with Gasteiger partial charge < -0.3 is 19.3 Å². The molecular formula is C50H97O8P. The van der Waals surface area contributed by atoms with Crippen molar-refractivity contribution in [3.8, 4) is 0 Å². The lowest BCUT2D eigenvalue weighted by Gasteiger charge is -2.18. The molecule has 2 N–H and O–H groups in total. The number of ether oxygens (including phenoxy) is 2. The van der Waals surface area contributed by atoms with Gasteiger partial charge in [0.1, 0.15) is 6.61 Å². The Balaban J connectivity index is 3.80. The molecule has 59 heavy (non-hydrogen) atoms. The first kappa shape index (κ1) is 57.8. The van der Waals surface area contributed by atoms with E-state index in [0.29, 0.717) is 6.42 Å². The second kappa shape index (κ2) is 46.3. The van der Waals surface area contributed by atoms with E-state index in [-0.39, 0.29) is 19.4 Å². The Hall–Kier alpha value is -1.21. The Morgan fingerprint density at radius 1 is 0.424 bits per heavy atom. The average molecular weight is 857 g/mol. The summed E-state index contributed by atoms with van der Waals surface area (Å²) in [7, 11) is -4.76. The van der Waals surface area contributed by atoms with Gasteiger partial charge in [-0.1, -0.05) is 244 Å². The third-order valence-electron chi connectivity index (χ3n) is 11.5. The molecule has 0 aromatic rings. The van der Waals surface area contributed by atoms with Crippen LogP contribution in [0.1, 0.15) is 277 Å². The molecule has 9 heteroatoms. The average Bonchev–Trinajstić information content (AvgIpc) is 3.21. The summed E-state index contributed by atoms with van der Waals surface area (Å²) in [5.41, 5.74) is 0. The van der Waals surface area contributed by atoms with Crippen LogP contribution in [0.2, 0.25) is 0 Å². The molecule has 0 aliphatic rings. The molecule has 0 saturated carbocycles. The summed E-state index contributed by atoms with van der Waals surface area (Å²) in [4.78, 5) is 43.0. The Bertz CT molecular complexity index is 967. The van der Waals surface area contributed by atoms with Crippen molar-refractivity contribution in [2.45, 2.75) is 283 Å². The molecule has 0 bridgehead atoms. The van der Waals surface area contributed by atoms with Crippen molar-refractivity contribution in [2.24, 2.45) is 0 Å². The highest BCUT2D eigenvalue weighted by molar-refractivity contribution is 7.46. The third kappa shape index (κ3) is 49.3. The highest BCUT2D eigenvalue weighted by Crippen LogP contribution is 2.36. The highest BCUT2D eigenvalue weighted by atomic mass is 31.2. The van der Waals surface area contributed by atoms with E-state index in [4.69, 9.17) is 19.3 Å². The normalized spacial score (nSPS) is 12.4. The quantitative estimate of drug-likeness (QED) is 0.0269. The van der Waals surface area contributed by atoms with E-state index < -0.39 is 32.5 Å². The van der Waals surface area contributed by atoms with Crippen molar-refractivity contribution in [2.75, 3.05) is 13.2 Å². The summed E-state index contributed by atoms with van der Waals surface area (Å²) < 4.78 is 26.5. The van der Waals surface area contributed by atoms with Crippen molar-refractivity contribution < 1.29 is 37.9 Å². The van der Waals surface area contributed by atoms with Gasteiger partial charge in [-0.3, -0.25) is 14.1 Å². The topological polar surface area (TPSA) is 119 Å². The summed E-state index contributed by atoms with van der Waals surface area (Å²) in [6, 6.07) is 0. The van der Waals surface area contributed by atoms with Gasteiger partial charge in [-0.05, 0) is 32.1 Å². The first-order chi connectivity index (χ1) is 28.8. The Morgan fingerprint density at radius 2 is 0.729 bits per heavy atom. The molecule has 0 radical (unpaired) electrons. The number of unbranched alkanes of at least 4 members (excludes halogenated alkanes) is 36. The number of hydrogen-bond acceptors (Lipinski definition) is 6. The largest absolute Gasteiger partial charge is 0.469 e. The first-order valence-electron chi connectivity index (χ1n) is 25.5. The SMILES string of the molecule is CCCCCCCCCCCCCCCCCCCC/C=C/CCCC(=O)O[C@H](COC(=O)CCCCCCCCCCCCCCCCCCCC)COP(=O)(O)O. The lowest BCUT2D eigenvalue weighted by molar-refractivity contribution is -0.161. The van der Waals surface area contributed by atoms with Gasteiger partial charge in [-0.25, -0.2) is 4.57 Å². The number of hydrogen-bond donors (Lipinski definition) is 2. The lowest BCUT2D eigenvalue weighted by atomic mass is 10.0. The van der Waals surface area contributed by atoms with Gasteiger partial charge >= 0.3 is 19.8 Å². The molecule has 0 unspecified atom stereocenters. The van der Waals surface area contributed by atoms with Crippen LogP contribution in [0.15, 0.2) is 12.2 Å². The molecule has 0 spiro atoms. The van der Waals surface area contributed by atoms with Crippen LogP contribution in [0.25, 0.3) is 0 Å². The minimum Gasteiger partial charge on any atom is -0.462 e. The van der Waals surface area contributed by atoms with Crippen LogP contribution in [-0.4, -0.2) is 41.0 Å². The maximum absolute atomic E-state index is 12.5. The van der Waals surface area contributed by atoms with Gasteiger partial charge in [0, 0.05) is 12.8 Å². The van der Waals surface area contributed by atoms with Crippen LogP contribution in [0.3, 0.4) is 0 Å². The van der Waals surface area contributed by atoms with Crippen LogP contribution >= 0.6 is 7.82 Å². The van der Waals surface area contributed by atoms with Gasteiger partial charge in [0.15, 0.2) is 6.10 Å². The molecule has 0 aliphatic heterocycles. The molecule has 8 nitrogen and oxygen atoms in total. The lowest BCUT2D eigenvalue weighted by Crippen LogP contribution is -2.29. The predicted octanol–water partition coefficient (Wildman–Crippen LogP) is 16.1. The van der Waals surface area contributed by atoms with E-state index in [1.54, 1.807) is 0 Å². The molecule has 0 aromatic carbocycles. The summed E-state index contributed by atoms with van der Waals surface area (Å²) in [6.07, 6.45) is 53.9. The van der Waals surface area contributed by atoms with E-state index in [0.717, 1.165) is 32.1 Å². The molecule has 0 saturated heterocycles. The van der Waals surface area contributed by atoms with Crippen molar-refractivity contribution >= 4 is 19.8 Å². The zero-order valence-corrected chi connectivity index (χ0v) is 39.8. The summed E-state index contributed by atoms with van der Waals surface area (Å²) >= 11 is 0. The van der Waals surface area contributed by atoms with Crippen LogP contribution < -0.4 is 0 Å². The Morgan fingerprint density at radius 3 is 1.08 bits per heavy atom. The maximum Gasteiger partial charge on any atom is 0.469 e. The molecule has 1 atom stereocenters. The van der Waals surface area contributed by atoms with Gasteiger partial charge in [0.25, 0.3) is 0 Å². The molecule has 0 rings (SSSR count). The number of phosphoric acid groups is 1. The number of rotatable bonds is 48. The summed E-state index contributed by atoms with van der Waals surface area (Å²) in [6.45, 7) is 3.72. The van der Waals surface area contributed by atoms with E-state index in [2.05, 4.69) is 30.5 Å². The molecule has 0 fully saturated rings. The fourth-order valence-electron chi connectivity index (χ4n) is 7.73. The van der Waals surface area contributed by atoms with Crippen LogP contribution in [0.5, 0.6) is 0 Å². The Labute approximate surface area is 365 Å². The minimum absolute atomic E-state index is 0.170. The zero-order chi connectivity index (χ0) is 43.2.